The third-order valence-corrected chi connectivity index (χ3v) is 2.86. The molecule has 0 aromatic heterocycles. The van der Waals surface area contributed by atoms with Crippen LogP contribution in [0.1, 0.15) is 28.8 Å². The number of rotatable bonds is 6. The summed E-state index contributed by atoms with van der Waals surface area (Å²) in [6.07, 6.45) is -1.50. The molecule has 0 heterocycles. The van der Waals surface area contributed by atoms with Crippen molar-refractivity contribution in [3.63, 3.8) is 0 Å². The lowest BCUT2D eigenvalue weighted by molar-refractivity contribution is -0.137. The van der Waals surface area contributed by atoms with Gasteiger partial charge < -0.3 is 10.0 Å². The zero-order valence-corrected chi connectivity index (χ0v) is 11.1. The van der Waals surface area contributed by atoms with Crippen molar-refractivity contribution in [3.05, 3.63) is 42.0 Å². The molecule has 0 spiro atoms. The highest BCUT2D eigenvalue weighted by atomic mass is 19.4. The van der Waals surface area contributed by atoms with E-state index in [4.69, 9.17) is 5.11 Å². The monoisotopic (exact) mass is 287 g/mol. The predicted octanol–water partition coefficient (Wildman–Crippen LogP) is 3.81. The molecular formula is C14H16F3NO2. The van der Waals surface area contributed by atoms with Gasteiger partial charge in [-0.2, -0.15) is 13.2 Å². The molecule has 3 nitrogen and oxygen atoms in total. The summed E-state index contributed by atoms with van der Waals surface area (Å²) in [5.74, 6) is -1.38. The minimum atomic E-state index is -4.59. The van der Waals surface area contributed by atoms with Crippen LogP contribution in [0.3, 0.4) is 0 Å². The van der Waals surface area contributed by atoms with Gasteiger partial charge in [0.25, 0.3) is 0 Å². The number of unbranched alkanes of at least 4 members (excludes halogenated alkanes) is 1. The van der Waals surface area contributed by atoms with Gasteiger partial charge in [0.05, 0.1) is 11.1 Å². The van der Waals surface area contributed by atoms with Crippen LogP contribution in [-0.2, 0) is 6.18 Å². The fourth-order valence-corrected chi connectivity index (χ4v) is 1.82. The van der Waals surface area contributed by atoms with Gasteiger partial charge in [-0.1, -0.05) is 6.08 Å². The summed E-state index contributed by atoms with van der Waals surface area (Å²) in [5, 5.41) is 8.79. The Balaban J connectivity index is 3.11. The Kier molecular flexibility index (Phi) is 5.19. The molecule has 1 aromatic rings. The summed E-state index contributed by atoms with van der Waals surface area (Å²) in [5.41, 5.74) is -1.33. The summed E-state index contributed by atoms with van der Waals surface area (Å²) in [4.78, 5) is 12.3. The molecule has 0 radical (unpaired) electrons. The minimum Gasteiger partial charge on any atom is -0.478 e. The van der Waals surface area contributed by atoms with Gasteiger partial charge in [-0.25, -0.2) is 4.79 Å². The van der Waals surface area contributed by atoms with Crippen LogP contribution < -0.4 is 4.90 Å². The number of carboxylic acid groups (broad SMARTS) is 1. The zero-order valence-electron chi connectivity index (χ0n) is 11.1. The van der Waals surface area contributed by atoms with E-state index in [9.17, 15) is 18.0 Å². The van der Waals surface area contributed by atoms with Gasteiger partial charge in [-0.05, 0) is 31.0 Å². The van der Waals surface area contributed by atoms with Gasteiger partial charge in [-0.15, -0.1) is 6.58 Å². The number of hydrogen-bond acceptors (Lipinski definition) is 2. The van der Waals surface area contributed by atoms with Gasteiger partial charge in [0, 0.05) is 19.3 Å². The number of halogens is 3. The maximum absolute atomic E-state index is 13.0. The first kappa shape index (κ1) is 16.1. The van der Waals surface area contributed by atoms with Crippen molar-refractivity contribution in [3.8, 4) is 0 Å². The van der Waals surface area contributed by atoms with Gasteiger partial charge in [0.15, 0.2) is 0 Å². The average Bonchev–Trinajstić information content (AvgIpc) is 2.37. The SMILES string of the molecule is C=CCCCN(C)c1ccc(C(=O)O)cc1C(F)(F)F. The number of anilines is 1. The van der Waals surface area contributed by atoms with E-state index in [1.54, 1.807) is 13.1 Å². The molecule has 0 fully saturated rings. The molecule has 0 aliphatic rings. The Hall–Kier alpha value is -1.98. The molecule has 1 N–H and O–H groups in total. The highest BCUT2D eigenvalue weighted by Crippen LogP contribution is 2.37. The van der Waals surface area contributed by atoms with Crippen LogP contribution >= 0.6 is 0 Å². The standard InChI is InChI=1S/C14H16F3NO2/c1-3-4-5-8-18(2)12-7-6-10(13(19)20)9-11(12)14(15,16)17/h3,6-7,9H,1,4-5,8H2,2H3,(H,19,20). The van der Waals surface area contributed by atoms with Crippen LogP contribution in [0.4, 0.5) is 18.9 Å². The van der Waals surface area contributed by atoms with Crippen molar-refractivity contribution in [2.24, 2.45) is 0 Å². The van der Waals surface area contributed by atoms with Crippen LogP contribution in [0.25, 0.3) is 0 Å². The summed E-state index contributed by atoms with van der Waals surface area (Å²) in [6, 6.07) is 3.04. The zero-order chi connectivity index (χ0) is 15.3. The molecule has 0 amide bonds. The maximum atomic E-state index is 13.0. The molecule has 6 heteroatoms. The smallest absolute Gasteiger partial charge is 0.418 e. The molecule has 110 valence electrons. The van der Waals surface area contributed by atoms with Crippen LogP contribution in [0.5, 0.6) is 0 Å². The fourth-order valence-electron chi connectivity index (χ4n) is 1.82. The Labute approximate surface area is 115 Å². The molecule has 0 saturated heterocycles. The van der Waals surface area contributed by atoms with Crippen molar-refractivity contribution in [2.75, 3.05) is 18.5 Å². The Morgan fingerprint density at radius 1 is 1.45 bits per heavy atom. The molecule has 1 rings (SSSR count). The number of carbonyl (C=O) groups is 1. The normalized spacial score (nSPS) is 11.2. The lowest BCUT2D eigenvalue weighted by atomic mass is 10.1. The van der Waals surface area contributed by atoms with E-state index in [-0.39, 0.29) is 11.3 Å². The van der Waals surface area contributed by atoms with Crippen molar-refractivity contribution in [2.45, 2.75) is 19.0 Å². The lowest BCUT2D eigenvalue weighted by Crippen LogP contribution is -2.23. The van der Waals surface area contributed by atoms with Crippen LogP contribution in [0, 0.1) is 0 Å². The molecule has 0 aliphatic carbocycles. The van der Waals surface area contributed by atoms with Gasteiger partial charge >= 0.3 is 12.1 Å². The van der Waals surface area contributed by atoms with Crippen LogP contribution in [0.15, 0.2) is 30.9 Å². The van der Waals surface area contributed by atoms with E-state index in [2.05, 4.69) is 6.58 Å². The van der Waals surface area contributed by atoms with Crippen LogP contribution in [0.2, 0.25) is 0 Å². The highest BCUT2D eigenvalue weighted by molar-refractivity contribution is 5.88. The first-order chi connectivity index (χ1) is 9.27. The van der Waals surface area contributed by atoms with Gasteiger partial charge in [0.2, 0.25) is 0 Å². The molecule has 0 unspecified atom stereocenters. The predicted molar refractivity (Wildman–Crippen MR) is 71.1 cm³/mol. The number of aromatic carboxylic acids is 1. The average molecular weight is 287 g/mol. The number of carboxylic acids is 1. The van der Waals surface area contributed by atoms with Gasteiger partial charge in [-0.3, -0.25) is 0 Å². The molecule has 0 saturated carbocycles. The minimum absolute atomic E-state index is 0.0217. The summed E-state index contributed by atoms with van der Waals surface area (Å²) in [6.45, 7) is 3.99. The summed E-state index contributed by atoms with van der Waals surface area (Å²) in [7, 11) is 1.55. The highest BCUT2D eigenvalue weighted by Gasteiger charge is 2.35. The van der Waals surface area contributed by atoms with Crippen LogP contribution in [-0.4, -0.2) is 24.7 Å². The Morgan fingerprint density at radius 2 is 2.10 bits per heavy atom. The molecule has 0 bridgehead atoms. The number of nitrogens with zero attached hydrogens (tertiary/aromatic N) is 1. The fraction of sp³-hybridized carbons (Fsp3) is 0.357. The van der Waals surface area contributed by atoms with E-state index in [1.807, 2.05) is 0 Å². The number of benzene rings is 1. The summed E-state index contributed by atoms with van der Waals surface area (Å²) >= 11 is 0. The molecule has 0 aliphatic heterocycles. The first-order valence-corrected chi connectivity index (χ1v) is 6.04. The number of alkyl halides is 3. The van der Waals surface area contributed by atoms with E-state index in [1.165, 1.54) is 17.0 Å². The van der Waals surface area contributed by atoms with E-state index < -0.39 is 17.7 Å². The molecular weight excluding hydrogens is 271 g/mol. The second kappa shape index (κ2) is 6.45. The van der Waals surface area contributed by atoms with E-state index >= 15 is 0 Å². The lowest BCUT2D eigenvalue weighted by Gasteiger charge is -2.23. The second-order valence-electron chi connectivity index (χ2n) is 4.39. The second-order valence-corrected chi connectivity index (χ2v) is 4.39. The Morgan fingerprint density at radius 3 is 2.60 bits per heavy atom. The largest absolute Gasteiger partial charge is 0.478 e. The third kappa shape index (κ3) is 4.01. The number of allylic oxidation sites excluding steroid dienone is 1. The number of hydrogen-bond donors (Lipinski definition) is 1. The van der Waals surface area contributed by atoms with E-state index in [0.717, 1.165) is 0 Å². The first-order valence-electron chi connectivity index (χ1n) is 6.04. The Bertz CT molecular complexity index is 498. The quantitative estimate of drug-likeness (QED) is 0.639. The van der Waals surface area contributed by atoms with Gasteiger partial charge in [0.1, 0.15) is 0 Å². The van der Waals surface area contributed by atoms with Crippen molar-refractivity contribution in [1.29, 1.82) is 0 Å². The molecule has 1 aromatic carbocycles. The van der Waals surface area contributed by atoms with Crippen molar-refractivity contribution in [1.82, 2.24) is 0 Å². The van der Waals surface area contributed by atoms with Crippen molar-refractivity contribution >= 4 is 11.7 Å². The van der Waals surface area contributed by atoms with E-state index in [0.29, 0.717) is 25.5 Å². The topological polar surface area (TPSA) is 40.5 Å². The third-order valence-electron chi connectivity index (χ3n) is 2.86. The van der Waals surface area contributed by atoms with Crippen molar-refractivity contribution < 1.29 is 23.1 Å². The summed E-state index contributed by atoms with van der Waals surface area (Å²) < 4.78 is 39.0. The maximum Gasteiger partial charge on any atom is 0.418 e. The molecule has 0 atom stereocenters. The molecule has 20 heavy (non-hydrogen) atoms.